The van der Waals surface area contributed by atoms with Gasteiger partial charge in [0.15, 0.2) is 0 Å². The van der Waals surface area contributed by atoms with Crippen molar-refractivity contribution in [2.45, 2.75) is 23.8 Å². The van der Waals surface area contributed by atoms with E-state index >= 15 is 0 Å². The maximum Gasteiger partial charge on any atom is 0.276 e. The number of aromatic nitrogens is 2. The van der Waals surface area contributed by atoms with Gasteiger partial charge in [0.05, 0.1) is 0 Å². The summed E-state index contributed by atoms with van der Waals surface area (Å²) in [5.74, 6) is 0.642. The minimum Gasteiger partial charge on any atom is -0.416 e. The highest BCUT2D eigenvalue weighted by atomic mass is 32.2. The lowest BCUT2D eigenvalue weighted by atomic mass is 10.4. The smallest absolute Gasteiger partial charge is 0.276 e. The molecule has 1 fully saturated rings. The third kappa shape index (κ3) is 1.78. The molecular formula is C7H11N3OS. The number of rotatable bonds is 2. The van der Waals surface area contributed by atoms with Crippen molar-refractivity contribution in [2.75, 3.05) is 13.1 Å². The van der Waals surface area contributed by atoms with E-state index in [4.69, 9.17) is 4.42 Å². The molecule has 1 aliphatic heterocycles. The summed E-state index contributed by atoms with van der Waals surface area (Å²) in [5.41, 5.74) is 0. The Balaban J connectivity index is 1.94. The first-order chi connectivity index (χ1) is 5.84. The van der Waals surface area contributed by atoms with Gasteiger partial charge < -0.3 is 9.73 Å². The first-order valence-corrected chi connectivity index (χ1v) is 4.90. The summed E-state index contributed by atoms with van der Waals surface area (Å²) >= 11 is 1.67. The molecular weight excluding hydrogens is 174 g/mol. The summed E-state index contributed by atoms with van der Waals surface area (Å²) in [6, 6.07) is 0. The summed E-state index contributed by atoms with van der Waals surface area (Å²) in [6.45, 7) is 3.96. The highest BCUT2D eigenvalue weighted by molar-refractivity contribution is 7.99. The Morgan fingerprint density at radius 1 is 1.58 bits per heavy atom. The molecule has 1 unspecified atom stereocenters. The standard InChI is InChI=1S/C7H11N3OS/c1-5-9-10-7(11-5)12-6-2-3-8-4-6/h6,8H,2-4H2,1H3. The molecule has 2 rings (SSSR count). The molecule has 1 aromatic heterocycles. The van der Waals surface area contributed by atoms with Crippen molar-refractivity contribution in [1.82, 2.24) is 15.5 Å². The fourth-order valence-electron chi connectivity index (χ4n) is 1.20. The highest BCUT2D eigenvalue weighted by Crippen LogP contribution is 2.25. The van der Waals surface area contributed by atoms with E-state index in [1.165, 1.54) is 6.42 Å². The summed E-state index contributed by atoms with van der Waals surface area (Å²) in [7, 11) is 0. The topological polar surface area (TPSA) is 51.0 Å². The van der Waals surface area contributed by atoms with E-state index in [2.05, 4.69) is 15.5 Å². The van der Waals surface area contributed by atoms with Gasteiger partial charge in [0.2, 0.25) is 5.89 Å². The molecule has 2 heterocycles. The van der Waals surface area contributed by atoms with Crippen molar-refractivity contribution in [3.05, 3.63) is 5.89 Å². The van der Waals surface area contributed by atoms with Crippen molar-refractivity contribution >= 4 is 11.8 Å². The Kier molecular flexibility index (Phi) is 2.32. The zero-order valence-corrected chi connectivity index (χ0v) is 7.73. The predicted octanol–water partition coefficient (Wildman–Crippen LogP) is 0.832. The first kappa shape index (κ1) is 8.07. The summed E-state index contributed by atoms with van der Waals surface area (Å²) in [6.07, 6.45) is 1.19. The molecule has 1 N–H and O–H groups in total. The molecule has 0 aromatic carbocycles. The van der Waals surface area contributed by atoms with Gasteiger partial charge in [0, 0.05) is 18.7 Å². The molecule has 1 aliphatic rings. The van der Waals surface area contributed by atoms with E-state index < -0.39 is 0 Å². The van der Waals surface area contributed by atoms with Crippen molar-refractivity contribution in [3.8, 4) is 0 Å². The quantitative estimate of drug-likeness (QED) is 0.739. The lowest BCUT2D eigenvalue weighted by Crippen LogP contribution is -2.09. The normalized spacial score (nSPS) is 23.2. The number of thioether (sulfide) groups is 1. The maximum atomic E-state index is 5.26. The second-order valence-electron chi connectivity index (χ2n) is 2.82. The molecule has 0 saturated carbocycles. The van der Waals surface area contributed by atoms with Crippen LogP contribution < -0.4 is 5.32 Å². The van der Waals surface area contributed by atoms with Crippen molar-refractivity contribution in [1.29, 1.82) is 0 Å². The number of aryl methyl sites for hydroxylation is 1. The Morgan fingerprint density at radius 3 is 3.08 bits per heavy atom. The van der Waals surface area contributed by atoms with Gasteiger partial charge in [0.1, 0.15) is 0 Å². The number of nitrogens with zero attached hydrogens (tertiary/aromatic N) is 2. The second-order valence-corrected chi connectivity index (χ2v) is 4.07. The molecule has 0 aliphatic carbocycles. The zero-order valence-electron chi connectivity index (χ0n) is 6.91. The van der Waals surface area contributed by atoms with Crippen LogP contribution >= 0.6 is 11.8 Å². The largest absolute Gasteiger partial charge is 0.416 e. The van der Waals surface area contributed by atoms with Crippen molar-refractivity contribution in [2.24, 2.45) is 0 Å². The van der Waals surface area contributed by atoms with Gasteiger partial charge in [-0.15, -0.1) is 10.2 Å². The molecule has 1 aromatic rings. The molecule has 1 atom stereocenters. The van der Waals surface area contributed by atoms with Gasteiger partial charge in [-0.2, -0.15) is 0 Å². The van der Waals surface area contributed by atoms with Crippen LogP contribution in [0.25, 0.3) is 0 Å². The van der Waals surface area contributed by atoms with Crippen LogP contribution in [0.3, 0.4) is 0 Å². The van der Waals surface area contributed by atoms with Gasteiger partial charge in [-0.05, 0) is 13.0 Å². The van der Waals surface area contributed by atoms with Gasteiger partial charge in [0.25, 0.3) is 5.22 Å². The molecule has 0 spiro atoms. The third-order valence-corrected chi connectivity index (χ3v) is 2.89. The van der Waals surface area contributed by atoms with Crippen LogP contribution in [-0.4, -0.2) is 28.5 Å². The molecule has 12 heavy (non-hydrogen) atoms. The minimum atomic E-state index is 0.602. The van der Waals surface area contributed by atoms with E-state index in [0.717, 1.165) is 13.1 Å². The van der Waals surface area contributed by atoms with Crippen LogP contribution in [0, 0.1) is 6.92 Å². The molecule has 0 radical (unpaired) electrons. The fraction of sp³-hybridized carbons (Fsp3) is 0.714. The lowest BCUT2D eigenvalue weighted by Gasteiger charge is -2.01. The van der Waals surface area contributed by atoms with E-state index in [1.807, 2.05) is 6.92 Å². The van der Waals surface area contributed by atoms with Crippen LogP contribution in [0.4, 0.5) is 0 Å². The Labute approximate surface area is 75.1 Å². The highest BCUT2D eigenvalue weighted by Gasteiger charge is 2.18. The van der Waals surface area contributed by atoms with Gasteiger partial charge in [-0.3, -0.25) is 0 Å². The number of hydrogen-bond donors (Lipinski definition) is 1. The molecule has 0 bridgehead atoms. The van der Waals surface area contributed by atoms with Crippen LogP contribution in [0.5, 0.6) is 0 Å². The molecule has 0 amide bonds. The number of nitrogens with one attached hydrogen (secondary N) is 1. The fourth-order valence-corrected chi connectivity index (χ4v) is 2.18. The average molecular weight is 185 g/mol. The summed E-state index contributed by atoms with van der Waals surface area (Å²) < 4.78 is 5.26. The molecule has 66 valence electrons. The monoisotopic (exact) mass is 185 g/mol. The summed E-state index contributed by atoms with van der Waals surface area (Å²) in [4.78, 5) is 0. The SMILES string of the molecule is Cc1nnc(SC2CCNC2)o1. The second kappa shape index (κ2) is 3.45. The average Bonchev–Trinajstić information content (AvgIpc) is 2.63. The van der Waals surface area contributed by atoms with Gasteiger partial charge in [-0.1, -0.05) is 11.8 Å². The van der Waals surface area contributed by atoms with Gasteiger partial charge in [-0.25, -0.2) is 0 Å². The van der Waals surface area contributed by atoms with Crippen LogP contribution in [0.2, 0.25) is 0 Å². The third-order valence-electron chi connectivity index (χ3n) is 1.79. The van der Waals surface area contributed by atoms with Crippen LogP contribution in [0.1, 0.15) is 12.3 Å². The van der Waals surface area contributed by atoms with Crippen molar-refractivity contribution < 1.29 is 4.42 Å². The predicted molar refractivity (Wildman–Crippen MR) is 46.2 cm³/mol. The van der Waals surface area contributed by atoms with Crippen LogP contribution in [-0.2, 0) is 0 Å². The molecule has 4 nitrogen and oxygen atoms in total. The molecule has 5 heteroatoms. The van der Waals surface area contributed by atoms with E-state index in [1.54, 1.807) is 11.8 Å². The van der Waals surface area contributed by atoms with Gasteiger partial charge >= 0.3 is 0 Å². The van der Waals surface area contributed by atoms with E-state index in [0.29, 0.717) is 16.4 Å². The number of hydrogen-bond acceptors (Lipinski definition) is 5. The molecule has 1 saturated heterocycles. The van der Waals surface area contributed by atoms with E-state index in [-0.39, 0.29) is 0 Å². The van der Waals surface area contributed by atoms with E-state index in [9.17, 15) is 0 Å². The lowest BCUT2D eigenvalue weighted by molar-refractivity contribution is 0.428. The Bertz CT molecular complexity index is 257. The minimum absolute atomic E-state index is 0.602. The zero-order chi connectivity index (χ0) is 8.39. The summed E-state index contributed by atoms with van der Waals surface area (Å²) in [5, 5.41) is 12.3. The Hall–Kier alpha value is -0.550. The first-order valence-electron chi connectivity index (χ1n) is 4.02. The maximum absolute atomic E-state index is 5.26. The van der Waals surface area contributed by atoms with Crippen molar-refractivity contribution in [3.63, 3.8) is 0 Å². The Morgan fingerprint density at radius 2 is 2.50 bits per heavy atom. The van der Waals surface area contributed by atoms with Crippen LogP contribution in [0.15, 0.2) is 9.64 Å².